The first-order valence-corrected chi connectivity index (χ1v) is 8.72. The van der Waals surface area contributed by atoms with Crippen molar-refractivity contribution >= 4 is 29.4 Å². The molecule has 1 aliphatic rings. The van der Waals surface area contributed by atoms with Crippen molar-refractivity contribution in [3.05, 3.63) is 23.0 Å². The Bertz CT molecular complexity index is 736. The monoisotopic (exact) mass is 366 g/mol. The molecule has 0 saturated carbocycles. The zero-order valence-corrected chi connectivity index (χ0v) is 16.2. The standard InChI is InChI=1S/C18H26N4O2.ClH/c1-11(2)15-9-14(16-12(3)21-24-17(16)20-15)18(23)22-7-5-13(6-8-22)10-19-4;/h9,11,13,19H,5-8,10H2,1-4H3;1H. The minimum absolute atomic E-state index is 0. The van der Waals surface area contributed by atoms with E-state index in [1.807, 2.05) is 24.9 Å². The first kappa shape index (κ1) is 19.7. The molecule has 1 N–H and O–H groups in total. The van der Waals surface area contributed by atoms with Crippen molar-refractivity contribution in [1.82, 2.24) is 20.4 Å². The number of hydrogen-bond acceptors (Lipinski definition) is 5. The Hall–Kier alpha value is -1.66. The van der Waals surface area contributed by atoms with Gasteiger partial charge in [0.25, 0.3) is 11.6 Å². The molecular formula is C18H27ClN4O2. The lowest BCUT2D eigenvalue weighted by molar-refractivity contribution is 0.0692. The van der Waals surface area contributed by atoms with E-state index in [2.05, 4.69) is 29.3 Å². The van der Waals surface area contributed by atoms with Gasteiger partial charge in [0.15, 0.2) is 0 Å². The van der Waals surface area contributed by atoms with E-state index < -0.39 is 0 Å². The summed E-state index contributed by atoms with van der Waals surface area (Å²) in [6.45, 7) is 8.61. The third kappa shape index (κ3) is 3.96. The number of likely N-dealkylation sites (tertiary alicyclic amines) is 1. The topological polar surface area (TPSA) is 71.3 Å². The van der Waals surface area contributed by atoms with Gasteiger partial charge < -0.3 is 14.7 Å². The van der Waals surface area contributed by atoms with Crippen LogP contribution in [0.15, 0.2) is 10.6 Å². The molecule has 138 valence electrons. The van der Waals surface area contributed by atoms with Gasteiger partial charge in [-0.15, -0.1) is 12.4 Å². The Labute approximate surface area is 154 Å². The molecule has 1 saturated heterocycles. The van der Waals surface area contributed by atoms with Crippen molar-refractivity contribution in [2.45, 2.75) is 39.5 Å². The van der Waals surface area contributed by atoms with Gasteiger partial charge in [-0.2, -0.15) is 0 Å². The Morgan fingerprint density at radius 2 is 2.08 bits per heavy atom. The predicted molar refractivity (Wildman–Crippen MR) is 100 cm³/mol. The number of rotatable bonds is 4. The van der Waals surface area contributed by atoms with Crippen LogP contribution >= 0.6 is 12.4 Å². The van der Waals surface area contributed by atoms with Crippen LogP contribution in [0.5, 0.6) is 0 Å². The lowest BCUT2D eigenvalue weighted by Crippen LogP contribution is -2.40. The molecule has 0 unspecified atom stereocenters. The van der Waals surface area contributed by atoms with E-state index in [0.717, 1.165) is 49.2 Å². The summed E-state index contributed by atoms with van der Waals surface area (Å²) >= 11 is 0. The summed E-state index contributed by atoms with van der Waals surface area (Å²) in [6.07, 6.45) is 2.08. The smallest absolute Gasteiger partial charge is 0.259 e. The second-order valence-corrected chi connectivity index (χ2v) is 6.99. The van der Waals surface area contributed by atoms with Gasteiger partial charge in [-0.1, -0.05) is 19.0 Å². The Morgan fingerprint density at radius 3 is 2.68 bits per heavy atom. The number of halogens is 1. The molecule has 25 heavy (non-hydrogen) atoms. The first-order chi connectivity index (χ1) is 11.5. The molecule has 0 aromatic carbocycles. The number of carbonyl (C=O) groups excluding carboxylic acids is 1. The Morgan fingerprint density at radius 1 is 1.40 bits per heavy atom. The van der Waals surface area contributed by atoms with Crippen LogP contribution in [0.4, 0.5) is 0 Å². The fraction of sp³-hybridized carbons (Fsp3) is 0.611. The average molecular weight is 367 g/mol. The molecule has 1 amide bonds. The number of nitrogens with zero attached hydrogens (tertiary/aromatic N) is 3. The van der Waals surface area contributed by atoms with E-state index in [1.54, 1.807) is 0 Å². The molecule has 0 bridgehead atoms. The van der Waals surface area contributed by atoms with Gasteiger partial charge >= 0.3 is 0 Å². The summed E-state index contributed by atoms with van der Waals surface area (Å²) in [5, 5.41) is 7.98. The molecule has 6 nitrogen and oxygen atoms in total. The lowest BCUT2D eigenvalue weighted by atomic mass is 9.95. The number of carbonyl (C=O) groups is 1. The van der Waals surface area contributed by atoms with E-state index in [4.69, 9.17) is 4.52 Å². The minimum Gasteiger partial charge on any atom is -0.339 e. The second-order valence-electron chi connectivity index (χ2n) is 6.99. The minimum atomic E-state index is 0. The molecule has 1 fully saturated rings. The largest absolute Gasteiger partial charge is 0.339 e. The van der Waals surface area contributed by atoms with Crippen LogP contribution in [-0.4, -0.2) is 47.6 Å². The molecule has 0 atom stereocenters. The van der Waals surface area contributed by atoms with E-state index >= 15 is 0 Å². The van der Waals surface area contributed by atoms with Crippen LogP contribution in [-0.2, 0) is 0 Å². The van der Waals surface area contributed by atoms with Gasteiger partial charge in [-0.25, -0.2) is 4.98 Å². The number of nitrogens with one attached hydrogen (secondary N) is 1. The SMILES string of the molecule is CNCC1CCN(C(=O)c2cc(C(C)C)nc3onc(C)c23)CC1.Cl. The zero-order chi connectivity index (χ0) is 17.3. The molecule has 0 spiro atoms. The average Bonchev–Trinajstić information content (AvgIpc) is 2.96. The fourth-order valence-electron chi connectivity index (χ4n) is 3.38. The second kappa shape index (κ2) is 8.15. The summed E-state index contributed by atoms with van der Waals surface area (Å²) in [7, 11) is 1.98. The number of pyridine rings is 1. The normalized spacial score (nSPS) is 15.6. The number of aryl methyl sites for hydroxylation is 1. The molecular weight excluding hydrogens is 340 g/mol. The van der Waals surface area contributed by atoms with E-state index in [9.17, 15) is 4.79 Å². The Balaban J connectivity index is 0.00000225. The third-order valence-corrected chi connectivity index (χ3v) is 4.85. The molecule has 7 heteroatoms. The number of fused-ring (bicyclic) bond motifs is 1. The van der Waals surface area contributed by atoms with Gasteiger partial charge in [0.05, 0.1) is 16.6 Å². The van der Waals surface area contributed by atoms with Crippen molar-refractivity contribution in [2.75, 3.05) is 26.7 Å². The van der Waals surface area contributed by atoms with Gasteiger partial charge in [0.1, 0.15) is 0 Å². The molecule has 0 radical (unpaired) electrons. The highest BCUT2D eigenvalue weighted by Crippen LogP contribution is 2.27. The maximum atomic E-state index is 13.1. The summed E-state index contributed by atoms with van der Waals surface area (Å²) < 4.78 is 5.33. The summed E-state index contributed by atoms with van der Waals surface area (Å²) in [6, 6.07) is 1.92. The van der Waals surface area contributed by atoms with E-state index in [0.29, 0.717) is 17.2 Å². The van der Waals surface area contributed by atoms with Crippen molar-refractivity contribution in [3.63, 3.8) is 0 Å². The maximum absolute atomic E-state index is 13.1. The quantitative estimate of drug-likeness (QED) is 0.899. The molecule has 1 aliphatic heterocycles. The van der Waals surface area contributed by atoms with Crippen LogP contribution in [0.25, 0.3) is 11.1 Å². The van der Waals surface area contributed by atoms with Crippen molar-refractivity contribution in [2.24, 2.45) is 5.92 Å². The van der Waals surface area contributed by atoms with Crippen molar-refractivity contribution in [3.8, 4) is 0 Å². The fourth-order valence-corrected chi connectivity index (χ4v) is 3.38. The van der Waals surface area contributed by atoms with Crippen LogP contribution in [0.2, 0.25) is 0 Å². The van der Waals surface area contributed by atoms with Crippen LogP contribution in [0.3, 0.4) is 0 Å². The van der Waals surface area contributed by atoms with Crippen LogP contribution in [0.1, 0.15) is 54.4 Å². The number of amides is 1. The molecule has 2 aromatic heterocycles. The van der Waals surface area contributed by atoms with Crippen molar-refractivity contribution < 1.29 is 9.32 Å². The van der Waals surface area contributed by atoms with Crippen molar-refractivity contribution in [1.29, 1.82) is 0 Å². The molecule has 3 rings (SSSR count). The summed E-state index contributed by atoms with van der Waals surface area (Å²) in [5.41, 5.74) is 2.73. The van der Waals surface area contributed by atoms with Gasteiger partial charge in [0, 0.05) is 18.8 Å². The summed E-state index contributed by atoms with van der Waals surface area (Å²) in [5.74, 6) is 0.950. The summed E-state index contributed by atoms with van der Waals surface area (Å²) in [4.78, 5) is 19.6. The zero-order valence-electron chi connectivity index (χ0n) is 15.3. The maximum Gasteiger partial charge on any atom is 0.259 e. The first-order valence-electron chi connectivity index (χ1n) is 8.72. The van der Waals surface area contributed by atoms with Gasteiger partial charge in [-0.3, -0.25) is 4.79 Å². The van der Waals surface area contributed by atoms with Crippen LogP contribution < -0.4 is 5.32 Å². The molecule has 0 aliphatic carbocycles. The number of piperidine rings is 1. The lowest BCUT2D eigenvalue weighted by Gasteiger charge is -2.32. The highest BCUT2D eigenvalue weighted by molar-refractivity contribution is 6.06. The highest BCUT2D eigenvalue weighted by atomic mass is 35.5. The van der Waals surface area contributed by atoms with E-state index in [-0.39, 0.29) is 24.2 Å². The Kier molecular flexibility index (Phi) is 6.41. The number of aromatic nitrogens is 2. The van der Waals surface area contributed by atoms with E-state index in [1.165, 1.54) is 0 Å². The van der Waals surface area contributed by atoms with Gasteiger partial charge in [0.2, 0.25) is 0 Å². The third-order valence-electron chi connectivity index (χ3n) is 4.85. The predicted octanol–water partition coefficient (Wildman–Crippen LogP) is 3.15. The highest BCUT2D eigenvalue weighted by Gasteiger charge is 2.27. The molecule has 2 aromatic rings. The van der Waals surface area contributed by atoms with Crippen LogP contribution in [0, 0.1) is 12.8 Å². The number of hydrogen-bond donors (Lipinski definition) is 1. The van der Waals surface area contributed by atoms with Gasteiger partial charge in [-0.05, 0) is 51.3 Å². The molecule has 3 heterocycles.